The molecule has 2 rings (SSSR count). The third kappa shape index (κ3) is 5.20. The number of carbonyl (C=O) groups is 1. The van der Waals surface area contributed by atoms with E-state index in [-0.39, 0.29) is 5.91 Å². The normalized spacial score (nSPS) is 10.5. The fourth-order valence-electron chi connectivity index (χ4n) is 2.73. The number of nitrogens with zero attached hydrogens (tertiary/aromatic N) is 2. The highest BCUT2D eigenvalue weighted by Gasteiger charge is 2.08. The topological polar surface area (TPSA) is 66.5 Å². The van der Waals surface area contributed by atoms with Gasteiger partial charge in [0.15, 0.2) is 0 Å². The van der Waals surface area contributed by atoms with E-state index >= 15 is 0 Å². The first-order chi connectivity index (χ1) is 12.6. The van der Waals surface area contributed by atoms with Gasteiger partial charge in [-0.3, -0.25) is 9.78 Å². The van der Waals surface area contributed by atoms with E-state index in [9.17, 15) is 4.79 Å². The Kier molecular flexibility index (Phi) is 7.41. The summed E-state index contributed by atoms with van der Waals surface area (Å²) < 4.78 is 4.94. The predicted molar refractivity (Wildman–Crippen MR) is 106 cm³/mol. The van der Waals surface area contributed by atoms with Gasteiger partial charge in [-0.1, -0.05) is 0 Å². The van der Waals surface area contributed by atoms with E-state index in [4.69, 9.17) is 4.74 Å². The minimum absolute atomic E-state index is 0.160. The van der Waals surface area contributed by atoms with Crippen molar-refractivity contribution >= 4 is 23.0 Å². The van der Waals surface area contributed by atoms with Crippen molar-refractivity contribution in [2.24, 2.45) is 0 Å². The summed E-state index contributed by atoms with van der Waals surface area (Å²) in [6.45, 7) is 9.29. The molecule has 2 aromatic rings. The predicted octanol–water partition coefficient (Wildman–Crippen LogP) is 3.36. The van der Waals surface area contributed by atoms with Crippen molar-refractivity contribution in [2.45, 2.75) is 20.8 Å². The number of amides is 1. The molecule has 1 aromatic carbocycles. The lowest BCUT2D eigenvalue weighted by atomic mass is 10.1. The third-order valence-electron chi connectivity index (χ3n) is 4.21. The van der Waals surface area contributed by atoms with Crippen molar-refractivity contribution in [3.05, 3.63) is 47.8 Å². The molecule has 0 saturated heterocycles. The van der Waals surface area contributed by atoms with E-state index in [0.717, 1.165) is 30.0 Å². The zero-order valence-electron chi connectivity index (χ0n) is 16.0. The monoisotopic (exact) mass is 356 g/mol. The summed E-state index contributed by atoms with van der Waals surface area (Å²) in [7, 11) is 1.60. The van der Waals surface area contributed by atoms with E-state index in [1.807, 2.05) is 0 Å². The molecule has 0 radical (unpaired) electrons. The Balaban J connectivity index is 2.11. The highest BCUT2D eigenvalue weighted by Crippen LogP contribution is 2.25. The minimum Gasteiger partial charge on any atom is -0.383 e. The van der Waals surface area contributed by atoms with Gasteiger partial charge >= 0.3 is 0 Å². The van der Waals surface area contributed by atoms with Crippen LogP contribution in [0.15, 0.2) is 36.7 Å². The zero-order valence-corrected chi connectivity index (χ0v) is 16.0. The van der Waals surface area contributed by atoms with Gasteiger partial charge in [0, 0.05) is 44.3 Å². The molecule has 0 spiro atoms. The maximum absolute atomic E-state index is 12.1. The molecule has 1 amide bonds. The van der Waals surface area contributed by atoms with Gasteiger partial charge in [-0.25, -0.2) is 0 Å². The van der Waals surface area contributed by atoms with Gasteiger partial charge in [-0.2, -0.15) is 0 Å². The van der Waals surface area contributed by atoms with Crippen LogP contribution in [0.2, 0.25) is 0 Å². The molecule has 6 heteroatoms. The van der Waals surface area contributed by atoms with Crippen molar-refractivity contribution < 1.29 is 9.53 Å². The van der Waals surface area contributed by atoms with Crippen LogP contribution in [0.3, 0.4) is 0 Å². The van der Waals surface area contributed by atoms with E-state index in [1.165, 1.54) is 5.69 Å². The van der Waals surface area contributed by atoms with Gasteiger partial charge in [-0.05, 0) is 50.6 Å². The van der Waals surface area contributed by atoms with Gasteiger partial charge in [0.1, 0.15) is 0 Å². The molecule has 0 atom stereocenters. The van der Waals surface area contributed by atoms with Gasteiger partial charge in [-0.15, -0.1) is 0 Å². The molecule has 140 valence electrons. The molecule has 0 unspecified atom stereocenters. The zero-order chi connectivity index (χ0) is 18.9. The van der Waals surface area contributed by atoms with Gasteiger partial charge < -0.3 is 20.3 Å². The van der Waals surface area contributed by atoms with Crippen LogP contribution < -0.4 is 15.5 Å². The second-order valence-corrected chi connectivity index (χ2v) is 6.01. The van der Waals surface area contributed by atoms with Crippen LogP contribution >= 0.6 is 0 Å². The Morgan fingerprint density at radius 2 is 1.96 bits per heavy atom. The summed E-state index contributed by atoms with van der Waals surface area (Å²) in [6.07, 6.45) is 3.27. The van der Waals surface area contributed by atoms with Crippen LogP contribution in [0, 0.1) is 6.92 Å². The number of benzene rings is 1. The van der Waals surface area contributed by atoms with Gasteiger partial charge in [0.25, 0.3) is 5.91 Å². The number of pyridine rings is 1. The number of hydrogen-bond donors (Lipinski definition) is 2. The van der Waals surface area contributed by atoms with Crippen molar-refractivity contribution in [2.75, 3.05) is 43.6 Å². The van der Waals surface area contributed by atoms with Crippen LogP contribution in [0.25, 0.3) is 0 Å². The first-order valence-corrected chi connectivity index (χ1v) is 8.93. The Hall–Kier alpha value is -2.60. The standard InChI is InChI=1S/C20H28N4O2/c1-5-24(6-2)18-7-8-19(15(3)11-18)23-17-12-16(13-21-14-17)20(25)22-9-10-26-4/h7-8,11-14,23H,5-6,9-10H2,1-4H3,(H,22,25). The maximum atomic E-state index is 12.1. The van der Waals surface area contributed by atoms with Crippen LogP contribution in [0.5, 0.6) is 0 Å². The Morgan fingerprint density at radius 3 is 2.62 bits per heavy atom. The van der Waals surface area contributed by atoms with E-state index in [1.54, 1.807) is 25.6 Å². The summed E-state index contributed by atoms with van der Waals surface area (Å²) in [4.78, 5) is 18.6. The fourth-order valence-corrected chi connectivity index (χ4v) is 2.73. The highest BCUT2D eigenvalue weighted by molar-refractivity contribution is 5.94. The number of rotatable bonds is 9. The molecule has 1 aromatic heterocycles. The summed E-state index contributed by atoms with van der Waals surface area (Å²) in [5, 5.41) is 6.15. The molecular weight excluding hydrogens is 328 g/mol. The van der Waals surface area contributed by atoms with Crippen molar-refractivity contribution in [3.63, 3.8) is 0 Å². The second-order valence-electron chi connectivity index (χ2n) is 6.01. The maximum Gasteiger partial charge on any atom is 0.253 e. The Labute approximate surface area is 155 Å². The quantitative estimate of drug-likeness (QED) is 0.675. The Morgan fingerprint density at radius 1 is 1.19 bits per heavy atom. The molecule has 2 N–H and O–H groups in total. The van der Waals surface area contributed by atoms with Crippen LogP contribution in [-0.4, -0.2) is 44.2 Å². The van der Waals surface area contributed by atoms with Crippen molar-refractivity contribution in [3.8, 4) is 0 Å². The molecule has 0 saturated carbocycles. The first-order valence-electron chi connectivity index (χ1n) is 8.93. The number of aryl methyl sites for hydroxylation is 1. The second kappa shape index (κ2) is 9.77. The number of ether oxygens (including phenoxy) is 1. The van der Waals surface area contributed by atoms with Crippen LogP contribution in [0.1, 0.15) is 29.8 Å². The Bertz CT molecular complexity index is 730. The largest absolute Gasteiger partial charge is 0.383 e. The minimum atomic E-state index is -0.160. The van der Waals surface area contributed by atoms with Gasteiger partial charge in [0.05, 0.1) is 24.1 Å². The number of nitrogens with one attached hydrogen (secondary N) is 2. The molecule has 0 aliphatic carbocycles. The molecule has 0 bridgehead atoms. The van der Waals surface area contributed by atoms with E-state index < -0.39 is 0 Å². The number of carbonyl (C=O) groups excluding carboxylic acids is 1. The summed E-state index contributed by atoms with van der Waals surface area (Å²) in [5.41, 5.74) is 4.65. The van der Waals surface area contributed by atoms with Crippen LogP contribution in [0.4, 0.5) is 17.1 Å². The summed E-state index contributed by atoms with van der Waals surface area (Å²) in [6, 6.07) is 8.14. The van der Waals surface area contributed by atoms with Crippen molar-refractivity contribution in [1.29, 1.82) is 0 Å². The van der Waals surface area contributed by atoms with E-state index in [0.29, 0.717) is 18.7 Å². The summed E-state index contributed by atoms with van der Waals surface area (Å²) in [5.74, 6) is -0.160. The number of anilines is 3. The molecule has 0 fully saturated rings. The van der Waals surface area contributed by atoms with E-state index in [2.05, 4.69) is 59.5 Å². The third-order valence-corrected chi connectivity index (χ3v) is 4.21. The highest BCUT2D eigenvalue weighted by atomic mass is 16.5. The molecular formula is C20H28N4O2. The molecule has 1 heterocycles. The van der Waals surface area contributed by atoms with Gasteiger partial charge in [0.2, 0.25) is 0 Å². The average molecular weight is 356 g/mol. The molecule has 26 heavy (non-hydrogen) atoms. The number of hydrogen-bond acceptors (Lipinski definition) is 5. The van der Waals surface area contributed by atoms with Crippen molar-refractivity contribution in [1.82, 2.24) is 10.3 Å². The number of methoxy groups -OCH3 is 1. The average Bonchev–Trinajstić information content (AvgIpc) is 2.65. The number of aromatic nitrogens is 1. The first kappa shape index (κ1) is 19.7. The summed E-state index contributed by atoms with van der Waals surface area (Å²) >= 11 is 0. The lowest BCUT2D eigenvalue weighted by molar-refractivity contribution is 0.0937. The lowest BCUT2D eigenvalue weighted by Gasteiger charge is -2.22. The van der Waals surface area contributed by atoms with Crippen LogP contribution in [-0.2, 0) is 4.74 Å². The molecule has 6 nitrogen and oxygen atoms in total. The smallest absolute Gasteiger partial charge is 0.253 e. The molecule has 0 aliphatic rings. The fraction of sp³-hybridized carbons (Fsp3) is 0.400. The SMILES string of the molecule is CCN(CC)c1ccc(Nc2cncc(C(=O)NCCOC)c2)c(C)c1. The molecule has 0 aliphatic heterocycles. The lowest BCUT2D eigenvalue weighted by Crippen LogP contribution is -2.27.